The van der Waals surface area contributed by atoms with E-state index in [1.807, 2.05) is 6.92 Å². The Morgan fingerprint density at radius 1 is 1.23 bits per heavy atom. The molecule has 0 radical (unpaired) electrons. The summed E-state index contributed by atoms with van der Waals surface area (Å²) in [7, 11) is 0. The largest absolute Gasteiger partial charge is 0.390 e. The molecule has 0 aromatic carbocycles. The van der Waals surface area contributed by atoms with Crippen LogP contribution in [0.5, 0.6) is 0 Å². The maximum atomic E-state index is 10.2. The number of rotatable bonds is 1. The predicted molar refractivity (Wildman–Crippen MR) is 52.0 cm³/mol. The second-order valence-corrected chi connectivity index (χ2v) is 4.93. The van der Waals surface area contributed by atoms with Crippen LogP contribution in [0.1, 0.15) is 46.5 Å². The molecule has 1 rings (SSSR count). The van der Waals surface area contributed by atoms with Crippen molar-refractivity contribution in [3.05, 3.63) is 0 Å². The quantitative estimate of drug-likeness (QED) is 0.675. The van der Waals surface area contributed by atoms with E-state index >= 15 is 0 Å². The van der Waals surface area contributed by atoms with Crippen LogP contribution >= 0.6 is 0 Å². The highest BCUT2D eigenvalue weighted by Crippen LogP contribution is 2.43. The maximum Gasteiger partial charge on any atom is 0.0686 e. The first-order chi connectivity index (χ1) is 5.92. The highest BCUT2D eigenvalue weighted by atomic mass is 16.3. The summed E-state index contributed by atoms with van der Waals surface area (Å²) in [5.74, 6) is 0.302. The Morgan fingerprint density at radius 3 is 2.00 bits per heavy atom. The molecule has 1 fully saturated rings. The van der Waals surface area contributed by atoms with Crippen molar-refractivity contribution >= 4 is 0 Å². The average molecular weight is 181 g/mol. The van der Waals surface area contributed by atoms with Gasteiger partial charge in [0.2, 0.25) is 0 Å². The molecule has 1 saturated carbocycles. The van der Waals surface area contributed by atoms with E-state index in [0.717, 1.165) is 25.7 Å². The number of hydrogen-bond acceptors (Lipinski definition) is 2. The number of aliphatic hydroxyl groups is 1. The molecule has 74 valence electrons. The number of hydrogen-bond donors (Lipinski definition) is 1. The third kappa shape index (κ3) is 2.03. The van der Waals surface area contributed by atoms with Gasteiger partial charge in [0.25, 0.3) is 0 Å². The minimum atomic E-state index is -0.517. The Labute approximate surface area is 80.6 Å². The number of nitrogens with zero attached hydrogens (tertiary/aromatic N) is 1. The summed E-state index contributed by atoms with van der Waals surface area (Å²) in [4.78, 5) is 0. The minimum absolute atomic E-state index is 0.193. The molecular weight excluding hydrogens is 162 g/mol. The lowest BCUT2D eigenvalue weighted by atomic mass is 9.67. The molecule has 0 heterocycles. The van der Waals surface area contributed by atoms with Gasteiger partial charge in [0.05, 0.1) is 17.1 Å². The van der Waals surface area contributed by atoms with E-state index in [-0.39, 0.29) is 5.41 Å². The first-order valence-electron chi connectivity index (χ1n) is 5.05. The van der Waals surface area contributed by atoms with Gasteiger partial charge in [0.15, 0.2) is 0 Å². The lowest BCUT2D eigenvalue weighted by Gasteiger charge is -2.41. The van der Waals surface area contributed by atoms with Crippen LogP contribution < -0.4 is 0 Å². The van der Waals surface area contributed by atoms with Gasteiger partial charge in [-0.15, -0.1) is 0 Å². The second-order valence-electron chi connectivity index (χ2n) is 4.93. The van der Waals surface area contributed by atoms with Gasteiger partial charge >= 0.3 is 0 Å². The van der Waals surface area contributed by atoms with Crippen LogP contribution in [-0.2, 0) is 0 Å². The number of nitriles is 1. The smallest absolute Gasteiger partial charge is 0.0686 e. The average Bonchev–Trinajstić information content (AvgIpc) is 2.11. The molecule has 0 spiro atoms. The molecule has 1 aliphatic carbocycles. The van der Waals surface area contributed by atoms with Crippen LogP contribution in [-0.4, -0.2) is 10.7 Å². The monoisotopic (exact) mass is 181 g/mol. The molecule has 0 unspecified atom stereocenters. The fourth-order valence-corrected chi connectivity index (χ4v) is 1.92. The summed E-state index contributed by atoms with van der Waals surface area (Å²) < 4.78 is 0. The molecule has 2 heteroatoms. The third-order valence-electron chi connectivity index (χ3n) is 3.56. The molecule has 0 bridgehead atoms. The first-order valence-corrected chi connectivity index (χ1v) is 5.05. The Bertz CT molecular complexity index is 219. The molecule has 1 N–H and O–H groups in total. The van der Waals surface area contributed by atoms with Gasteiger partial charge in [0.1, 0.15) is 0 Å². The van der Waals surface area contributed by atoms with E-state index in [1.54, 1.807) is 0 Å². The van der Waals surface area contributed by atoms with Gasteiger partial charge in [-0.2, -0.15) is 5.26 Å². The van der Waals surface area contributed by atoms with E-state index in [2.05, 4.69) is 19.9 Å². The van der Waals surface area contributed by atoms with Crippen molar-refractivity contribution in [2.75, 3.05) is 0 Å². The van der Waals surface area contributed by atoms with Crippen molar-refractivity contribution in [3.63, 3.8) is 0 Å². The van der Waals surface area contributed by atoms with Crippen molar-refractivity contribution < 1.29 is 5.11 Å². The van der Waals surface area contributed by atoms with Crippen molar-refractivity contribution in [3.8, 4) is 6.07 Å². The Balaban J connectivity index is 2.63. The van der Waals surface area contributed by atoms with Gasteiger partial charge in [-0.05, 0) is 38.5 Å². The molecule has 0 atom stereocenters. The summed E-state index contributed by atoms with van der Waals surface area (Å²) in [5.41, 5.74) is -0.711. The maximum absolute atomic E-state index is 10.2. The van der Waals surface area contributed by atoms with Crippen LogP contribution in [0.3, 0.4) is 0 Å². The highest BCUT2D eigenvalue weighted by Gasteiger charge is 2.40. The molecule has 0 aromatic rings. The van der Waals surface area contributed by atoms with Gasteiger partial charge in [-0.25, -0.2) is 0 Å². The Hall–Kier alpha value is -0.550. The summed E-state index contributed by atoms with van der Waals surface area (Å²) >= 11 is 0. The van der Waals surface area contributed by atoms with Crippen LogP contribution in [0.2, 0.25) is 0 Å². The molecule has 2 nitrogen and oxygen atoms in total. The van der Waals surface area contributed by atoms with Crippen LogP contribution in [0.15, 0.2) is 0 Å². The molecule has 0 saturated heterocycles. The SMILES string of the molecule is CC(C)C1(O)CCC(C)(C#N)CC1. The minimum Gasteiger partial charge on any atom is -0.390 e. The predicted octanol–water partition coefficient (Wildman–Crippen LogP) is 2.48. The van der Waals surface area contributed by atoms with E-state index in [0.29, 0.717) is 5.92 Å². The van der Waals surface area contributed by atoms with E-state index in [4.69, 9.17) is 5.26 Å². The van der Waals surface area contributed by atoms with Gasteiger partial charge < -0.3 is 5.11 Å². The van der Waals surface area contributed by atoms with E-state index in [1.165, 1.54) is 0 Å². The summed E-state index contributed by atoms with van der Waals surface area (Å²) in [5, 5.41) is 19.1. The molecule has 1 aliphatic rings. The first kappa shape index (κ1) is 10.5. The summed E-state index contributed by atoms with van der Waals surface area (Å²) in [6, 6.07) is 2.35. The van der Waals surface area contributed by atoms with Crippen LogP contribution in [0, 0.1) is 22.7 Å². The molecule has 13 heavy (non-hydrogen) atoms. The zero-order valence-electron chi connectivity index (χ0n) is 8.80. The molecule has 0 aromatic heterocycles. The van der Waals surface area contributed by atoms with Crippen molar-refractivity contribution in [2.24, 2.45) is 11.3 Å². The third-order valence-corrected chi connectivity index (χ3v) is 3.56. The van der Waals surface area contributed by atoms with Crippen molar-refractivity contribution in [1.29, 1.82) is 5.26 Å². The standard InChI is InChI=1S/C11H19NO/c1-9(2)11(13)6-4-10(3,8-12)5-7-11/h9,13H,4-7H2,1-3H3. The second kappa shape index (κ2) is 3.31. The Kier molecular flexibility index (Phi) is 2.68. The van der Waals surface area contributed by atoms with Gasteiger partial charge in [0, 0.05) is 0 Å². The van der Waals surface area contributed by atoms with E-state index in [9.17, 15) is 5.11 Å². The van der Waals surface area contributed by atoms with Crippen LogP contribution in [0.25, 0.3) is 0 Å². The Morgan fingerprint density at radius 2 is 1.69 bits per heavy atom. The lowest BCUT2D eigenvalue weighted by molar-refractivity contribution is -0.0549. The summed E-state index contributed by atoms with van der Waals surface area (Å²) in [6.07, 6.45) is 3.21. The topological polar surface area (TPSA) is 44.0 Å². The van der Waals surface area contributed by atoms with Crippen molar-refractivity contribution in [2.45, 2.75) is 52.1 Å². The highest BCUT2D eigenvalue weighted by molar-refractivity contribution is 5.02. The fraction of sp³-hybridized carbons (Fsp3) is 0.909. The normalized spacial score (nSPS) is 40.3. The molecular formula is C11H19NO. The van der Waals surface area contributed by atoms with E-state index < -0.39 is 5.60 Å². The lowest BCUT2D eigenvalue weighted by Crippen LogP contribution is -2.41. The summed E-state index contributed by atoms with van der Waals surface area (Å²) in [6.45, 7) is 6.09. The zero-order chi connectivity index (χ0) is 10.1. The molecule has 0 aliphatic heterocycles. The fourth-order valence-electron chi connectivity index (χ4n) is 1.92. The van der Waals surface area contributed by atoms with Gasteiger partial charge in [-0.1, -0.05) is 13.8 Å². The van der Waals surface area contributed by atoms with Crippen molar-refractivity contribution in [1.82, 2.24) is 0 Å². The van der Waals surface area contributed by atoms with Crippen LogP contribution in [0.4, 0.5) is 0 Å². The zero-order valence-corrected chi connectivity index (χ0v) is 8.80. The van der Waals surface area contributed by atoms with Gasteiger partial charge in [-0.3, -0.25) is 0 Å². The molecule has 0 amide bonds.